The van der Waals surface area contributed by atoms with E-state index in [1.165, 1.54) is 31.5 Å². The van der Waals surface area contributed by atoms with Crippen LogP contribution in [-0.2, 0) is 6.42 Å². The third-order valence-electron chi connectivity index (χ3n) is 4.29. The second-order valence-corrected chi connectivity index (χ2v) is 5.92. The van der Waals surface area contributed by atoms with Gasteiger partial charge in [0.25, 0.3) is 0 Å². The van der Waals surface area contributed by atoms with Crippen molar-refractivity contribution in [1.82, 2.24) is 4.90 Å². The number of hydrogen-bond donors (Lipinski definition) is 0. The predicted molar refractivity (Wildman–Crippen MR) is 92.7 cm³/mol. The minimum absolute atomic E-state index is 0.378. The van der Waals surface area contributed by atoms with E-state index in [9.17, 15) is 0 Å². The van der Waals surface area contributed by atoms with Crippen molar-refractivity contribution in [3.05, 3.63) is 71.8 Å². The van der Waals surface area contributed by atoms with E-state index in [1.54, 1.807) is 0 Å². The average Bonchev–Trinajstić information content (AvgIpc) is 3.11. The van der Waals surface area contributed by atoms with Gasteiger partial charge in [-0.2, -0.15) is 0 Å². The highest BCUT2D eigenvalue weighted by atomic mass is 15.2. The molecule has 1 fully saturated rings. The third-order valence-corrected chi connectivity index (χ3v) is 4.29. The molecule has 1 aliphatic heterocycles. The maximum absolute atomic E-state index is 3.52. The van der Waals surface area contributed by atoms with Gasteiger partial charge in [0.1, 0.15) is 0 Å². The molecule has 2 aromatic rings. The van der Waals surface area contributed by atoms with Crippen molar-refractivity contribution < 1.29 is 0 Å². The van der Waals surface area contributed by atoms with Crippen molar-refractivity contribution in [2.75, 3.05) is 13.1 Å². The second-order valence-electron chi connectivity index (χ2n) is 5.92. The van der Waals surface area contributed by atoms with Crippen molar-refractivity contribution in [2.45, 2.75) is 31.7 Å². The van der Waals surface area contributed by atoms with Crippen LogP contribution in [0.5, 0.6) is 0 Å². The zero-order chi connectivity index (χ0) is 15.0. The van der Waals surface area contributed by atoms with E-state index in [4.69, 9.17) is 0 Å². The van der Waals surface area contributed by atoms with E-state index < -0.39 is 0 Å². The third kappa shape index (κ3) is 4.23. The van der Waals surface area contributed by atoms with Gasteiger partial charge in [-0.05, 0) is 56.5 Å². The first-order valence-electron chi connectivity index (χ1n) is 8.26. The Morgan fingerprint density at radius 1 is 0.864 bits per heavy atom. The summed E-state index contributed by atoms with van der Waals surface area (Å²) in [5.41, 5.74) is 2.53. The molecule has 22 heavy (non-hydrogen) atoms. The summed E-state index contributed by atoms with van der Waals surface area (Å²) in [6, 6.07) is 21.5. The van der Waals surface area contributed by atoms with E-state index in [2.05, 4.69) is 71.3 Å². The van der Waals surface area contributed by atoms with Gasteiger partial charge in [0, 0.05) is 5.56 Å². The summed E-state index contributed by atoms with van der Waals surface area (Å²) >= 11 is 0. The van der Waals surface area contributed by atoms with E-state index in [0.29, 0.717) is 6.04 Å². The van der Waals surface area contributed by atoms with Gasteiger partial charge < -0.3 is 0 Å². The molecule has 1 unspecified atom stereocenters. The molecule has 0 N–H and O–H groups in total. The van der Waals surface area contributed by atoms with Gasteiger partial charge >= 0.3 is 0 Å². The monoisotopic (exact) mass is 289 g/mol. The highest BCUT2D eigenvalue weighted by Gasteiger charge is 2.19. The van der Waals surface area contributed by atoms with Crippen molar-refractivity contribution >= 4 is 0 Å². The Hall–Kier alpha value is -2.04. The Morgan fingerprint density at radius 3 is 2.18 bits per heavy atom. The first-order valence-corrected chi connectivity index (χ1v) is 8.26. The molecule has 0 aliphatic carbocycles. The lowest BCUT2D eigenvalue weighted by Crippen LogP contribution is -2.32. The van der Waals surface area contributed by atoms with Gasteiger partial charge in [-0.15, -0.1) is 0 Å². The van der Waals surface area contributed by atoms with E-state index >= 15 is 0 Å². The molecule has 1 saturated heterocycles. The maximum atomic E-state index is 3.52. The molecule has 3 rings (SSSR count). The fourth-order valence-corrected chi connectivity index (χ4v) is 3.04. The Kier molecular flexibility index (Phi) is 5.29. The van der Waals surface area contributed by atoms with Crippen molar-refractivity contribution in [2.24, 2.45) is 0 Å². The molecule has 1 atom stereocenters. The van der Waals surface area contributed by atoms with Gasteiger partial charge in [-0.25, -0.2) is 0 Å². The standard InChI is InChI=1S/C21H23N/c1-3-9-19(10-4-1)13-15-21(22-17-7-8-18-22)16-14-20-11-5-2-6-12-20/h1-6,9-12,21H,7-8,13,15,17-18H2. The zero-order valence-corrected chi connectivity index (χ0v) is 13.0. The summed E-state index contributed by atoms with van der Waals surface area (Å²) in [4.78, 5) is 2.55. The number of hydrogen-bond acceptors (Lipinski definition) is 1. The molecule has 1 heterocycles. The normalized spacial score (nSPS) is 16.0. The Morgan fingerprint density at radius 2 is 1.50 bits per heavy atom. The molecule has 2 aromatic carbocycles. The molecule has 1 nitrogen and oxygen atoms in total. The molecule has 1 heteroatoms. The minimum Gasteiger partial charge on any atom is -0.290 e. The molecule has 0 radical (unpaired) electrons. The molecular formula is C21H23N. The summed E-state index contributed by atoms with van der Waals surface area (Å²) in [7, 11) is 0. The summed E-state index contributed by atoms with van der Waals surface area (Å²) < 4.78 is 0. The van der Waals surface area contributed by atoms with Crippen molar-refractivity contribution in [3.8, 4) is 11.8 Å². The largest absolute Gasteiger partial charge is 0.290 e. The Balaban J connectivity index is 1.69. The van der Waals surface area contributed by atoms with E-state index in [0.717, 1.165) is 18.4 Å². The topological polar surface area (TPSA) is 3.24 Å². The molecule has 112 valence electrons. The van der Waals surface area contributed by atoms with Gasteiger partial charge in [0.2, 0.25) is 0 Å². The highest BCUT2D eigenvalue weighted by molar-refractivity contribution is 5.35. The fourth-order valence-electron chi connectivity index (χ4n) is 3.04. The molecule has 0 bridgehead atoms. The summed E-state index contributed by atoms with van der Waals surface area (Å²) in [6.45, 7) is 2.39. The number of likely N-dealkylation sites (tertiary alicyclic amines) is 1. The maximum Gasteiger partial charge on any atom is 0.0721 e. The molecule has 0 saturated carbocycles. The lowest BCUT2D eigenvalue weighted by Gasteiger charge is -2.22. The Labute approximate surface area is 134 Å². The highest BCUT2D eigenvalue weighted by Crippen LogP contribution is 2.16. The molecule has 0 spiro atoms. The van der Waals surface area contributed by atoms with Crippen LogP contribution in [0, 0.1) is 11.8 Å². The zero-order valence-electron chi connectivity index (χ0n) is 13.0. The second kappa shape index (κ2) is 7.82. The minimum atomic E-state index is 0.378. The van der Waals surface area contributed by atoms with Crippen molar-refractivity contribution in [1.29, 1.82) is 0 Å². The van der Waals surface area contributed by atoms with Crippen LogP contribution in [0.15, 0.2) is 60.7 Å². The summed E-state index contributed by atoms with van der Waals surface area (Å²) in [5.74, 6) is 6.89. The fraction of sp³-hybridized carbons (Fsp3) is 0.333. The van der Waals surface area contributed by atoms with Gasteiger partial charge in [0.15, 0.2) is 0 Å². The SMILES string of the molecule is C(#CC(CCc1ccccc1)N1CCCC1)c1ccccc1. The average molecular weight is 289 g/mol. The number of benzene rings is 2. The number of aryl methyl sites for hydroxylation is 1. The van der Waals surface area contributed by atoms with Crippen LogP contribution in [0.3, 0.4) is 0 Å². The van der Waals surface area contributed by atoms with Crippen LogP contribution < -0.4 is 0 Å². The van der Waals surface area contributed by atoms with Crippen LogP contribution in [0.2, 0.25) is 0 Å². The van der Waals surface area contributed by atoms with E-state index in [-0.39, 0.29) is 0 Å². The number of rotatable bonds is 4. The van der Waals surface area contributed by atoms with Crippen molar-refractivity contribution in [3.63, 3.8) is 0 Å². The van der Waals surface area contributed by atoms with Gasteiger partial charge in [-0.1, -0.05) is 60.4 Å². The molecular weight excluding hydrogens is 266 g/mol. The lowest BCUT2D eigenvalue weighted by atomic mass is 10.0. The van der Waals surface area contributed by atoms with Crippen LogP contribution in [-0.4, -0.2) is 24.0 Å². The summed E-state index contributed by atoms with van der Waals surface area (Å²) in [6.07, 6.45) is 4.85. The van der Waals surface area contributed by atoms with Crippen LogP contribution in [0.25, 0.3) is 0 Å². The number of nitrogens with zero attached hydrogens (tertiary/aromatic N) is 1. The first-order chi connectivity index (χ1) is 10.9. The summed E-state index contributed by atoms with van der Waals surface area (Å²) in [5, 5.41) is 0. The van der Waals surface area contributed by atoms with Gasteiger partial charge in [-0.3, -0.25) is 4.90 Å². The van der Waals surface area contributed by atoms with Gasteiger partial charge in [0.05, 0.1) is 6.04 Å². The predicted octanol–water partition coefficient (Wildman–Crippen LogP) is 4.14. The first kappa shape index (κ1) is 14.9. The van der Waals surface area contributed by atoms with Crippen LogP contribution in [0.1, 0.15) is 30.4 Å². The van der Waals surface area contributed by atoms with Crippen LogP contribution >= 0.6 is 0 Å². The van der Waals surface area contributed by atoms with E-state index in [1.807, 2.05) is 6.07 Å². The van der Waals surface area contributed by atoms with Crippen LogP contribution in [0.4, 0.5) is 0 Å². The smallest absolute Gasteiger partial charge is 0.0721 e. The molecule has 1 aliphatic rings. The molecule has 0 amide bonds. The molecule has 0 aromatic heterocycles. The Bertz CT molecular complexity index is 615. The quantitative estimate of drug-likeness (QED) is 0.765. The lowest BCUT2D eigenvalue weighted by molar-refractivity contribution is 0.280.